The fraction of sp³-hybridized carbons (Fsp3) is 0.0556. The highest BCUT2D eigenvalue weighted by atomic mass is 79.9. The fourth-order valence-electron chi connectivity index (χ4n) is 2.01. The molecule has 1 amide bonds. The van der Waals surface area contributed by atoms with Crippen molar-refractivity contribution in [1.29, 1.82) is 0 Å². The number of furan rings is 1. The van der Waals surface area contributed by atoms with Gasteiger partial charge in [0.05, 0.1) is 0 Å². The van der Waals surface area contributed by atoms with E-state index in [1.807, 2.05) is 54.6 Å². The topological polar surface area (TPSA) is 51.5 Å². The van der Waals surface area contributed by atoms with E-state index in [0.717, 1.165) is 10.2 Å². The van der Waals surface area contributed by atoms with Crippen molar-refractivity contribution in [2.24, 2.45) is 0 Å². The van der Waals surface area contributed by atoms with E-state index < -0.39 is 0 Å². The molecule has 23 heavy (non-hydrogen) atoms. The Morgan fingerprint density at radius 3 is 2.65 bits per heavy atom. The van der Waals surface area contributed by atoms with Gasteiger partial charge in [0.2, 0.25) is 0 Å². The highest BCUT2D eigenvalue weighted by Gasteiger charge is 2.12. The Hall–Kier alpha value is -2.53. The summed E-state index contributed by atoms with van der Waals surface area (Å²) >= 11 is 3.36. The third kappa shape index (κ3) is 4.23. The van der Waals surface area contributed by atoms with Crippen LogP contribution < -0.4 is 10.1 Å². The Balaban J connectivity index is 1.61. The molecule has 0 aliphatic heterocycles. The molecule has 1 heterocycles. The number of halogens is 1. The average molecular weight is 372 g/mol. The number of carbonyl (C=O) groups is 1. The van der Waals surface area contributed by atoms with Crippen LogP contribution in [0.5, 0.6) is 5.75 Å². The van der Waals surface area contributed by atoms with Gasteiger partial charge >= 0.3 is 0 Å². The molecule has 3 aromatic rings. The predicted octanol–water partition coefficient (Wildman–Crippen LogP) is 4.87. The van der Waals surface area contributed by atoms with Crippen LogP contribution in [0.1, 0.15) is 16.3 Å². The number of hydrogen-bond donors (Lipinski definition) is 1. The lowest BCUT2D eigenvalue weighted by atomic mass is 10.3. The van der Waals surface area contributed by atoms with Crippen molar-refractivity contribution in [3.05, 3.63) is 82.7 Å². The maximum absolute atomic E-state index is 12.2. The molecule has 3 rings (SSSR count). The van der Waals surface area contributed by atoms with Crippen LogP contribution in [0, 0.1) is 0 Å². The van der Waals surface area contributed by atoms with Crippen LogP contribution in [0.15, 0.2) is 75.6 Å². The third-order valence-electron chi connectivity index (χ3n) is 3.09. The maximum atomic E-state index is 12.2. The molecule has 1 N–H and O–H groups in total. The van der Waals surface area contributed by atoms with E-state index in [4.69, 9.17) is 9.15 Å². The van der Waals surface area contributed by atoms with Gasteiger partial charge in [-0.1, -0.05) is 40.2 Å². The van der Waals surface area contributed by atoms with Crippen LogP contribution in [0.3, 0.4) is 0 Å². The number of amides is 1. The van der Waals surface area contributed by atoms with E-state index in [0.29, 0.717) is 11.4 Å². The number of para-hydroxylation sites is 1. The Morgan fingerprint density at radius 1 is 1.04 bits per heavy atom. The molecule has 0 fully saturated rings. The first kappa shape index (κ1) is 15.4. The molecule has 0 unspecified atom stereocenters. The largest absolute Gasteiger partial charge is 0.486 e. The second-order valence-electron chi connectivity index (χ2n) is 4.83. The molecule has 0 atom stereocenters. The van der Waals surface area contributed by atoms with E-state index in [-0.39, 0.29) is 18.3 Å². The predicted molar refractivity (Wildman–Crippen MR) is 91.6 cm³/mol. The summed E-state index contributed by atoms with van der Waals surface area (Å²) in [5, 5.41) is 2.78. The van der Waals surface area contributed by atoms with Crippen molar-refractivity contribution in [2.45, 2.75) is 6.61 Å². The van der Waals surface area contributed by atoms with E-state index in [2.05, 4.69) is 21.2 Å². The Bertz CT molecular complexity index is 799. The summed E-state index contributed by atoms with van der Waals surface area (Å²) in [5.41, 5.74) is 0.697. The van der Waals surface area contributed by atoms with Crippen LogP contribution >= 0.6 is 15.9 Å². The van der Waals surface area contributed by atoms with Crippen molar-refractivity contribution in [3.63, 3.8) is 0 Å². The van der Waals surface area contributed by atoms with E-state index in [9.17, 15) is 4.79 Å². The number of nitrogens with one attached hydrogen (secondary N) is 1. The summed E-state index contributed by atoms with van der Waals surface area (Å²) in [6.07, 6.45) is 0. The smallest absolute Gasteiger partial charge is 0.291 e. The third-order valence-corrected chi connectivity index (χ3v) is 3.59. The van der Waals surface area contributed by atoms with Gasteiger partial charge in [0.15, 0.2) is 5.76 Å². The molecule has 116 valence electrons. The minimum Gasteiger partial charge on any atom is -0.486 e. The van der Waals surface area contributed by atoms with Gasteiger partial charge < -0.3 is 14.5 Å². The van der Waals surface area contributed by atoms with Crippen molar-refractivity contribution >= 4 is 27.5 Å². The van der Waals surface area contributed by atoms with Crippen molar-refractivity contribution in [2.75, 3.05) is 5.32 Å². The van der Waals surface area contributed by atoms with Gasteiger partial charge in [-0.05, 0) is 42.5 Å². The summed E-state index contributed by atoms with van der Waals surface area (Å²) in [4.78, 5) is 12.2. The van der Waals surface area contributed by atoms with Crippen LogP contribution in [-0.2, 0) is 6.61 Å². The zero-order chi connectivity index (χ0) is 16.1. The lowest BCUT2D eigenvalue weighted by Crippen LogP contribution is -2.10. The molecular weight excluding hydrogens is 358 g/mol. The van der Waals surface area contributed by atoms with Gasteiger partial charge in [-0.2, -0.15) is 0 Å². The Morgan fingerprint density at radius 2 is 1.87 bits per heavy atom. The van der Waals surface area contributed by atoms with E-state index in [1.165, 1.54) is 0 Å². The number of carbonyl (C=O) groups excluding carboxylic acids is 1. The lowest BCUT2D eigenvalue weighted by Gasteiger charge is -2.04. The highest BCUT2D eigenvalue weighted by molar-refractivity contribution is 9.10. The number of rotatable bonds is 5. The zero-order valence-corrected chi connectivity index (χ0v) is 13.7. The van der Waals surface area contributed by atoms with Gasteiger partial charge in [-0.25, -0.2) is 0 Å². The molecular formula is C18H14BrNO3. The number of hydrogen-bond acceptors (Lipinski definition) is 3. The molecule has 0 saturated heterocycles. The molecule has 0 bridgehead atoms. The molecule has 0 spiro atoms. The van der Waals surface area contributed by atoms with E-state index >= 15 is 0 Å². The molecule has 2 aromatic carbocycles. The first-order valence-electron chi connectivity index (χ1n) is 7.04. The van der Waals surface area contributed by atoms with Crippen LogP contribution in [-0.4, -0.2) is 5.91 Å². The number of benzene rings is 2. The standard InChI is InChI=1S/C18H14BrNO3/c19-13-5-4-6-14(11-13)20-18(21)17-10-9-16(23-17)12-22-15-7-2-1-3-8-15/h1-11H,12H2,(H,20,21). The van der Waals surface area contributed by atoms with Crippen LogP contribution in [0.2, 0.25) is 0 Å². The second kappa shape index (κ2) is 7.15. The summed E-state index contributed by atoms with van der Waals surface area (Å²) in [7, 11) is 0. The Kier molecular flexibility index (Phi) is 4.78. The maximum Gasteiger partial charge on any atom is 0.291 e. The second-order valence-corrected chi connectivity index (χ2v) is 5.75. The van der Waals surface area contributed by atoms with Crippen molar-refractivity contribution in [1.82, 2.24) is 0 Å². The van der Waals surface area contributed by atoms with Gasteiger partial charge in [0, 0.05) is 10.2 Å². The molecule has 0 saturated carbocycles. The average Bonchev–Trinajstić information content (AvgIpc) is 3.03. The number of ether oxygens (including phenoxy) is 1. The monoisotopic (exact) mass is 371 g/mol. The lowest BCUT2D eigenvalue weighted by molar-refractivity contribution is 0.0992. The summed E-state index contributed by atoms with van der Waals surface area (Å²) < 4.78 is 12.0. The Labute approximate surface area is 142 Å². The molecule has 0 radical (unpaired) electrons. The molecule has 5 heteroatoms. The zero-order valence-electron chi connectivity index (χ0n) is 12.2. The SMILES string of the molecule is O=C(Nc1cccc(Br)c1)c1ccc(COc2ccccc2)o1. The minimum absolute atomic E-state index is 0.247. The van der Waals surface area contributed by atoms with Gasteiger partial charge in [-0.15, -0.1) is 0 Å². The quantitative estimate of drug-likeness (QED) is 0.695. The molecule has 0 aliphatic carbocycles. The van der Waals surface area contributed by atoms with Crippen LogP contribution in [0.4, 0.5) is 5.69 Å². The van der Waals surface area contributed by atoms with Crippen molar-refractivity contribution in [3.8, 4) is 5.75 Å². The highest BCUT2D eigenvalue weighted by Crippen LogP contribution is 2.18. The first-order chi connectivity index (χ1) is 11.2. The van der Waals surface area contributed by atoms with Gasteiger partial charge in [0.25, 0.3) is 5.91 Å². The van der Waals surface area contributed by atoms with Gasteiger partial charge in [0.1, 0.15) is 18.1 Å². The number of anilines is 1. The van der Waals surface area contributed by atoms with Crippen LogP contribution in [0.25, 0.3) is 0 Å². The molecule has 0 aliphatic rings. The normalized spacial score (nSPS) is 10.3. The minimum atomic E-state index is -0.297. The summed E-state index contributed by atoms with van der Waals surface area (Å²) in [5.74, 6) is 1.29. The van der Waals surface area contributed by atoms with Crippen molar-refractivity contribution < 1.29 is 13.9 Å². The fourth-order valence-corrected chi connectivity index (χ4v) is 2.41. The van der Waals surface area contributed by atoms with Gasteiger partial charge in [-0.3, -0.25) is 4.79 Å². The summed E-state index contributed by atoms with van der Waals surface area (Å²) in [6, 6.07) is 20.2. The molecule has 4 nitrogen and oxygen atoms in total. The molecule has 1 aromatic heterocycles. The summed E-state index contributed by atoms with van der Waals surface area (Å²) in [6.45, 7) is 0.272. The van der Waals surface area contributed by atoms with E-state index in [1.54, 1.807) is 12.1 Å². The first-order valence-corrected chi connectivity index (χ1v) is 7.83.